The maximum atomic E-state index is 11.2. The molecule has 0 aliphatic carbocycles. The van der Waals surface area contributed by atoms with Crippen LogP contribution in [0.25, 0.3) is 0 Å². The number of carbonyl (C=O) groups excluding carboxylic acids is 1. The zero-order valence-electron chi connectivity index (χ0n) is 11.3. The second-order valence-corrected chi connectivity index (χ2v) is 5.60. The summed E-state index contributed by atoms with van der Waals surface area (Å²) in [7, 11) is 2.09. The van der Waals surface area contributed by atoms with Crippen molar-refractivity contribution in [2.45, 2.75) is 19.9 Å². The molecule has 2 heterocycles. The van der Waals surface area contributed by atoms with E-state index in [1.807, 2.05) is 30.5 Å². The molecule has 100 valence electrons. The lowest BCUT2D eigenvalue weighted by Crippen LogP contribution is -2.20. The van der Waals surface area contributed by atoms with Crippen molar-refractivity contribution in [1.29, 1.82) is 0 Å². The molecule has 0 spiro atoms. The summed E-state index contributed by atoms with van der Waals surface area (Å²) in [6.07, 6.45) is 2.77. The zero-order chi connectivity index (χ0) is 13.7. The Bertz CT molecular complexity index is 536. The molecule has 0 amide bonds. The van der Waals surface area contributed by atoms with Crippen LogP contribution in [-0.2, 0) is 13.0 Å². The van der Waals surface area contributed by atoms with Crippen LogP contribution >= 0.6 is 11.3 Å². The van der Waals surface area contributed by atoms with Crippen LogP contribution in [-0.4, -0.2) is 29.3 Å². The molecule has 4 heteroatoms. The van der Waals surface area contributed by atoms with E-state index in [0.717, 1.165) is 30.1 Å². The number of likely N-dealkylation sites (N-methyl/N-ethyl adjacent to an activating group) is 1. The highest BCUT2D eigenvalue weighted by atomic mass is 32.1. The van der Waals surface area contributed by atoms with Gasteiger partial charge in [0.25, 0.3) is 0 Å². The van der Waals surface area contributed by atoms with E-state index in [-0.39, 0.29) is 5.78 Å². The molecular formula is C15H18N2OS. The van der Waals surface area contributed by atoms with E-state index in [1.54, 1.807) is 6.92 Å². The monoisotopic (exact) mass is 274 g/mol. The standard InChI is InChI=1S/C15H18N2OS/c1-12(18)15-9-13(11-19-15)10-17(2)8-6-14-5-3-4-7-16-14/h3-5,7,9,11H,6,8,10H2,1-2H3. The van der Waals surface area contributed by atoms with Crippen molar-refractivity contribution in [3.05, 3.63) is 52.0 Å². The summed E-state index contributed by atoms with van der Waals surface area (Å²) in [6, 6.07) is 7.98. The Morgan fingerprint density at radius 2 is 2.26 bits per heavy atom. The summed E-state index contributed by atoms with van der Waals surface area (Å²) >= 11 is 1.53. The predicted molar refractivity (Wildman–Crippen MR) is 78.6 cm³/mol. The fourth-order valence-corrected chi connectivity index (χ4v) is 2.69. The SMILES string of the molecule is CC(=O)c1cc(CN(C)CCc2ccccn2)cs1. The van der Waals surface area contributed by atoms with Crippen LogP contribution in [0.15, 0.2) is 35.8 Å². The molecule has 2 aromatic rings. The highest BCUT2D eigenvalue weighted by molar-refractivity contribution is 7.12. The Morgan fingerprint density at radius 3 is 2.89 bits per heavy atom. The molecule has 0 saturated carbocycles. The summed E-state index contributed by atoms with van der Waals surface area (Å²) in [5, 5.41) is 2.06. The highest BCUT2D eigenvalue weighted by Crippen LogP contribution is 2.16. The van der Waals surface area contributed by atoms with Crippen LogP contribution in [0.2, 0.25) is 0 Å². The van der Waals surface area contributed by atoms with Gasteiger partial charge >= 0.3 is 0 Å². The van der Waals surface area contributed by atoms with Crippen LogP contribution in [0.4, 0.5) is 0 Å². The molecule has 0 aliphatic rings. The van der Waals surface area contributed by atoms with Crippen molar-refractivity contribution in [1.82, 2.24) is 9.88 Å². The van der Waals surface area contributed by atoms with E-state index in [4.69, 9.17) is 0 Å². The second kappa shape index (κ2) is 6.59. The lowest BCUT2D eigenvalue weighted by atomic mass is 10.2. The summed E-state index contributed by atoms with van der Waals surface area (Å²) in [5.41, 5.74) is 2.32. The van der Waals surface area contributed by atoms with Crippen molar-refractivity contribution < 1.29 is 4.79 Å². The Labute approximate surface area is 117 Å². The number of carbonyl (C=O) groups is 1. The minimum atomic E-state index is 0.146. The average molecular weight is 274 g/mol. The van der Waals surface area contributed by atoms with E-state index in [1.165, 1.54) is 16.9 Å². The molecule has 0 aromatic carbocycles. The first-order valence-corrected chi connectivity index (χ1v) is 7.20. The van der Waals surface area contributed by atoms with Gasteiger partial charge in [0.15, 0.2) is 5.78 Å². The maximum Gasteiger partial charge on any atom is 0.169 e. The van der Waals surface area contributed by atoms with Gasteiger partial charge in [-0.1, -0.05) is 6.07 Å². The third kappa shape index (κ3) is 4.26. The first-order valence-electron chi connectivity index (χ1n) is 6.32. The van der Waals surface area contributed by atoms with Crippen molar-refractivity contribution in [3.8, 4) is 0 Å². The fraction of sp³-hybridized carbons (Fsp3) is 0.333. The van der Waals surface area contributed by atoms with Gasteiger partial charge in [-0.25, -0.2) is 0 Å². The molecule has 19 heavy (non-hydrogen) atoms. The van der Waals surface area contributed by atoms with Crippen LogP contribution in [0.3, 0.4) is 0 Å². The molecule has 0 atom stereocenters. The lowest BCUT2D eigenvalue weighted by Gasteiger charge is -2.15. The van der Waals surface area contributed by atoms with Crippen molar-refractivity contribution >= 4 is 17.1 Å². The molecule has 3 nitrogen and oxygen atoms in total. The van der Waals surface area contributed by atoms with E-state index in [2.05, 4.69) is 22.3 Å². The van der Waals surface area contributed by atoms with Gasteiger partial charge in [-0.2, -0.15) is 0 Å². The fourth-order valence-electron chi connectivity index (χ4n) is 1.89. The quantitative estimate of drug-likeness (QED) is 0.759. The Morgan fingerprint density at radius 1 is 1.42 bits per heavy atom. The van der Waals surface area contributed by atoms with Gasteiger partial charge in [0.1, 0.15) is 0 Å². The first kappa shape index (κ1) is 13.9. The molecule has 0 saturated heterocycles. The van der Waals surface area contributed by atoms with Crippen LogP contribution in [0.5, 0.6) is 0 Å². The van der Waals surface area contributed by atoms with Gasteiger partial charge in [0.2, 0.25) is 0 Å². The summed E-state index contributed by atoms with van der Waals surface area (Å²) in [5.74, 6) is 0.146. The third-order valence-electron chi connectivity index (χ3n) is 2.93. The average Bonchev–Trinajstić information content (AvgIpc) is 2.86. The topological polar surface area (TPSA) is 33.2 Å². The first-order chi connectivity index (χ1) is 9.15. The lowest BCUT2D eigenvalue weighted by molar-refractivity contribution is 0.102. The molecule has 0 radical (unpaired) electrons. The van der Waals surface area contributed by atoms with E-state index in [9.17, 15) is 4.79 Å². The largest absolute Gasteiger partial charge is 0.302 e. The van der Waals surface area contributed by atoms with E-state index >= 15 is 0 Å². The van der Waals surface area contributed by atoms with Gasteiger partial charge in [-0.15, -0.1) is 11.3 Å². The molecule has 0 bridgehead atoms. The van der Waals surface area contributed by atoms with Crippen molar-refractivity contribution in [3.63, 3.8) is 0 Å². The molecule has 0 fully saturated rings. The zero-order valence-corrected chi connectivity index (χ0v) is 12.1. The number of pyridine rings is 1. The number of nitrogens with zero attached hydrogens (tertiary/aromatic N) is 2. The normalized spacial score (nSPS) is 10.9. The summed E-state index contributed by atoms with van der Waals surface area (Å²) < 4.78 is 0. The number of hydrogen-bond acceptors (Lipinski definition) is 4. The molecule has 0 N–H and O–H groups in total. The van der Waals surface area contributed by atoms with Gasteiger partial charge in [0.05, 0.1) is 4.88 Å². The summed E-state index contributed by atoms with van der Waals surface area (Å²) in [4.78, 5) is 18.7. The molecule has 2 rings (SSSR count). The molecule has 0 aliphatic heterocycles. The van der Waals surface area contributed by atoms with Crippen LogP contribution < -0.4 is 0 Å². The third-order valence-corrected chi connectivity index (χ3v) is 4.01. The van der Waals surface area contributed by atoms with Crippen LogP contribution in [0, 0.1) is 0 Å². The Kier molecular flexibility index (Phi) is 4.82. The Hall–Kier alpha value is -1.52. The molecule has 2 aromatic heterocycles. The van der Waals surface area contributed by atoms with Gasteiger partial charge in [-0.05, 0) is 43.1 Å². The number of aromatic nitrogens is 1. The second-order valence-electron chi connectivity index (χ2n) is 4.68. The summed E-state index contributed by atoms with van der Waals surface area (Å²) in [6.45, 7) is 3.44. The maximum absolute atomic E-state index is 11.2. The number of rotatable bonds is 6. The van der Waals surface area contributed by atoms with Crippen molar-refractivity contribution in [2.24, 2.45) is 0 Å². The molecular weight excluding hydrogens is 256 g/mol. The van der Waals surface area contributed by atoms with Gasteiger partial charge in [-0.3, -0.25) is 9.78 Å². The number of thiophene rings is 1. The van der Waals surface area contributed by atoms with Gasteiger partial charge in [0, 0.05) is 31.4 Å². The van der Waals surface area contributed by atoms with Crippen LogP contribution in [0.1, 0.15) is 27.9 Å². The smallest absolute Gasteiger partial charge is 0.169 e. The highest BCUT2D eigenvalue weighted by Gasteiger charge is 2.06. The molecule has 0 unspecified atom stereocenters. The van der Waals surface area contributed by atoms with Crippen molar-refractivity contribution in [2.75, 3.05) is 13.6 Å². The minimum Gasteiger partial charge on any atom is -0.302 e. The number of Topliss-reactive ketones (excluding diaryl/α,β-unsaturated/α-hetero) is 1. The number of hydrogen-bond donors (Lipinski definition) is 0. The predicted octanol–water partition coefficient (Wildman–Crippen LogP) is 3.02. The minimum absolute atomic E-state index is 0.146. The van der Waals surface area contributed by atoms with Gasteiger partial charge < -0.3 is 4.90 Å². The Balaban J connectivity index is 1.83. The number of ketones is 1. The van der Waals surface area contributed by atoms with E-state index in [0.29, 0.717) is 0 Å². The van der Waals surface area contributed by atoms with E-state index < -0.39 is 0 Å².